The lowest BCUT2D eigenvalue weighted by atomic mass is 10.3. The number of fused-ring (bicyclic) bond motifs is 1. The smallest absolute Gasteiger partial charge is 0.475 e. The molecule has 1 saturated heterocycles. The van der Waals surface area contributed by atoms with Crippen molar-refractivity contribution < 1.29 is 28.2 Å². The number of alkyl halides is 3. The quantitative estimate of drug-likeness (QED) is 0.510. The number of rotatable bonds is 5. The van der Waals surface area contributed by atoms with E-state index in [0.717, 1.165) is 36.3 Å². The van der Waals surface area contributed by atoms with Gasteiger partial charge < -0.3 is 25.0 Å². The number of aliphatic hydroxyl groups excluding tert-OH is 1. The molecule has 33 heavy (non-hydrogen) atoms. The van der Waals surface area contributed by atoms with E-state index in [1.54, 1.807) is 7.05 Å². The molecule has 0 aliphatic carbocycles. The highest BCUT2D eigenvalue weighted by molar-refractivity contribution is 5.75. The van der Waals surface area contributed by atoms with Crippen LogP contribution in [0.1, 0.15) is 13.8 Å². The lowest BCUT2D eigenvalue weighted by molar-refractivity contribution is -0.192. The maximum Gasteiger partial charge on any atom is 0.490 e. The Morgan fingerprint density at radius 3 is 2.24 bits per heavy atom. The number of piperazine rings is 1. The molecule has 0 bridgehead atoms. The molecule has 0 amide bonds. The van der Waals surface area contributed by atoms with E-state index < -0.39 is 23.4 Å². The van der Waals surface area contributed by atoms with Gasteiger partial charge in [-0.05, 0) is 13.8 Å². The zero-order chi connectivity index (χ0) is 24.9. The third-order valence-corrected chi connectivity index (χ3v) is 4.86. The number of aryl methyl sites for hydroxylation is 1. The minimum absolute atomic E-state index is 0.0295. The Morgan fingerprint density at radius 2 is 1.76 bits per heavy atom. The summed E-state index contributed by atoms with van der Waals surface area (Å²) in [4.78, 5) is 41.2. The first-order valence-corrected chi connectivity index (χ1v) is 10.1. The third kappa shape index (κ3) is 6.01. The highest BCUT2D eigenvalue weighted by Crippen LogP contribution is 2.20. The van der Waals surface area contributed by atoms with Gasteiger partial charge >= 0.3 is 17.8 Å². The summed E-state index contributed by atoms with van der Waals surface area (Å²) in [5.74, 6) is -2.06. The maximum atomic E-state index is 13.0. The summed E-state index contributed by atoms with van der Waals surface area (Å²) >= 11 is 0. The number of carboxylic acid groups (broad SMARTS) is 1. The number of imidazole rings is 1. The van der Waals surface area contributed by atoms with E-state index in [1.165, 1.54) is 4.57 Å². The van der Waals surface area contributed by atoms with Crippen LogP contribution in [0.2, 0.25) is 0 Å². The molecule has 2 aromatic heterocycles. The molecule has 0 spiro atoms. The van der Waals surface area contributed by atoms with Gasteiger partial charge in [0.05, 0.1) is 13.2 Å². The molecule has 3 heterocycles. The SMILES string of the molecule is CC(C)=CCn1c(N2CCNCC2)nc2c1c(=O)n(CCO)c(=O)n2C.O=C(O)C(F)(F)F. The summed E-state index contributed by atoms with van der Waals surface area (Å²) in [5.41, 5.74) is 1.04. The van der Waals surface area contributed by atoms with Crippen LogP contribution in [-0.4, -0.2) is 73.8 Å². The zero-order valence-electron chi connectivity index (χ0n) is 18.5. The van der Waals surface area contributed by atoms with Crippen LogP contribution < -0.4 is 21.5 Å². The van der Waals surface area contributed by atoms with Gasteiger partial charge in [-0.1, -0.05) is 11.6 Å². The predicted octanol–water partition coefficient (Wildman–Crippen LogP) is -0.102. The van der Waals surface area contributed by atoms with Crippen molar-refractivity contribution in [3.8, 4) is 0 Å². The summed E-state index contributed by atoms with van der Waals surface area (Å²) in [7, 11) is 1.61. The summed E-state index contributed by atoms with van der Waals surface area (Å²) in [6, 6.07) is 0. The van der Waals surface area contributed by atoms with Crippen LogP contribution in [0.4, 0.5) is 19.1 Å². The van der Waals surface area contributed by atoms with Gasteiger partial charge in [-0.25, -0.2) is 9.59 Å². The topological polar surface area (TPSA) is 135 Å². The van der Waals surface area contributed by atoms with Crippen molar-refractivity contribution >= 4 is 23.1 Å². The first-order valence-electron chi connectivity index (χ1n) is 10.1. The standard InChI is InChI=1S/C17H26N6O3.C2HF3O2/c1-12(2)4-7-22-13-14(19-16(22)21-8-5-18-6-9-21)20(3)17(26)23(10-11-24)15(13)25;3-2(4,5)1(6)7/h4,18,24H,5-11H2,1-3H3;(H,6,7). The minimum atomic E-state index is -5.08. The number of aliphatic hydroxyl groups is 1. The Labute approximate surface area is 186 Å². The summed E-state index contributed by atoms with van der Waals surface area (Å²) < 4.78 is 36.1. The van der Waals surface area contributed by atoms with Crippen molar-refractivity contribution in [2.45, 2.75) is 33.1 Å². The number of aromatic nitrogens is 4. The number of hydrogen-bond donors (Lipinski definition) is 3. The molecule has 11 nitrogen and oxygen atoms in total. The molecule has 0 atom stereocenters. The van der Waals surface area contributed by atoms with E-state index in [2.05, 4.69) is 15.2 Å². The second-order valence-electron chi connectivity index (χ2n) is 7.54. The van der Waals surface area contributed by atoms with Gasteiger partial charge in [0.25, 0.3) is 5.56 Å². The largest absolute Gasteiger partial charge is 0.490 e. The number of nitrogens with zero attached hydrogens (tertiary/aromatic N) is 5. The summed E-state index contributed by atoms with van der Waals surface area (Å²) in [5, 5.41) is 19.7. The molecule has 0 unspecified atom stereocenters. The lowest BCUT2D eigenvalue weighted by Gasteiger charge is -2.28. The predicted molar refractivity (Wildman–Crippen MR) is 115 cm³/mol. The molecule has 184 valence electrons. The van der Waals surface area contributed by atoms with Crippen LogP contribution in [0.25, 0.3) is 11.2 Å². The van der Waals surface area contributed by atoms with Crippen LogP contribution in [-0.2, 0) is 24.9 Å². The summed E-state index contributed by atoms with van der Waals surface area (Å²) in [6.45, 7) is 7.48. The molecule has 2 aromatic rings. The number of anilines is 1. The Bertz CT molecular complexity index is 1140. The van der Waals surface area contributed by atoms with Crippen molar-refractivity contribution in [1.82, 2.24) is 24.0 Å². The van der Waals surface area contributed by atoms with Crippen LogP contribution in [0, 0.1) is 0 Å². The molecule has 0 radical (unpaired) electrons. The molecular formula is C19H27F3N6O5. The number of hydrogen-bond acceptors (Lipinski definition) is 7. The molecular weight excluding hydrogens is 449 g/mol. The van der Waals surface area contributed by atoms with Crippen molar-refractivity contribution in [2.75, 3.05) is 37.7 Å². The monoisotopic (exact) mass is 476 g/mol. The van der Waals surface area contributed by atoms with Gasteiger partial charge in [0.1, 0.15) is 0 Å². The van der Waals surface area contributed by atoms with Crippen molar-refractivity contribution in [1.29, 1.82) is 0 Å². The van der Waals surface area contributed by atoms with Gasteiger partial charge in [0.2, 0.25) is 5.95 Å². The summed E-state index contributed by atoms with van der Waals surface area (Å²) in [6.07, 6.45) is -3.05. The van der Waals surface area contributed by atoms with E-state index in [-0.39, 0.29) is 13.2 Å². The number of carbonyl (C=O) groups is 1. The molecule has 1 fully saturated rings. The van der Waals surface area contributed by atoms with Gasteiger partial charge in [-0.2, -0.15) is 18.2 Å². The van der Waals surface area contributed by atoms with E-state index in [4.69, 9.17) is 9.90 Å². The molecule has 1 aliphatic heterocycles. The third-order valence-electron chi connectivity index (χ3n) is 4.86. The molecule has 14 heteroatoms. The van der Waals surface area contributed by atoms with E-state index in [1.807, 2.05) is 24.5 Å². The fraction of sp³-hybridized carbons (Fsp3) is 0.579. The Kier molecular flexibility index (Phi) is 8.44. The van der Waals surface area contributed by atoms with Crippen molar-refractivity contribution in [3.63, 3.8) is 0 Å². The number of allylic oxidation sites excluding steroid dienone is 2. The lowest BCUT2D eigenvalue weighted by Crippen LogP contribution is -2.44. The first-order chi connectivity index (χ1) is 15.4. The molecule has 1 aliphatic rings. The van der Waals surface area contributed by atoms with Crippen molar-refractivity contribution in [3.05, 3.63) is 32.5 Å². The van der Waals surface area contributed by atoms with Gasteiger partial charge in [0.15, 0.2) is 11.2 Å². The first kappa shape index (κ1) is 26.1. The van der Waals surface area contributed by atoms with Crippen LogP contribution >= 0.6 is 0 Å². The average Bonchev–Trinajstić information content (AvgIpc) is 3.14. The average molecular weight is 476 g/mol. The minimum Gasteiger partial charge on any atom is -0.475 e. The molecule has 0 saturated carbocycles. The van der Waals surface area contributed by atoms with Crippen LogP contribution in [0.5, 0.6) is 0 Å². The van der Waals surface area contributed by atoms with E-state index in [9.17, 15) is 27.9 Å². The fourth-order valence-electron chi connectivity index (χ4n) is 3.21. The highest BCUT2D eigenvalue weighted by Gasteiger charge is 2.38. The number of aliphatic carboxylic acids is 1. The zero-order valence-corrected chi connectivity index (χ0v) is 18.5. The van der Waals surface area contributed by atoms with Gasteiger partial charge in [-0.15, -0.1) is 0 Å². The Morgan fingerprint density at radius 1 is 1.18 bits per heavy atom. The molecule has 3 rings (SSSR count). The Hall–Kier alpha value is -3.13. The van der Waals surface area contributed by atoms with Gasteiger partial charge in [0, 0.05) is 39.8 Å². The van der Waals surface area contributed by atoms with E-state index in [0.29, 0.717) is 23.7 Å². The normalized spacial score (nSPS) is 14.1. The fourth-order valence-corrected chi connectivity index (χ4v) is 3.21. The van der Waals surface area contributed by atoms with Crippen molar-refractivity contribution in [2.24, 2.45) is 7.05 Å². The highest BCUT2D eigenvalue weighted by atomic mass is 19.4. The number of carboxylic acids is 1. The second-order valence-corrected chi connectivity index (χ2v) is 7.54. The molecule has 0 aromatic carbocycles. The van der Waals surface area contributed by atoms with Crippen LogP contribution in [0.15, 0.2) is 21.2 Å². The van der Waals surface area contributed by atoms with E-state index >= 15 is 0 Å². The number of halogens is 3. The van der Waals surface area contributed by atoms with Crippen LogP contribution in [0.3, 0.4) is 0 Å². The number of nitrogens with one attached hydrogen (secondary N) is 1. The maximum absolute atomic E-state index is 13.0. The second kappa shape index (κ2) is 10.7. The Balaban J connectivity index is 0.000000479. The van der Waals surface area contributed by atoms with Gasteiger partial charge in [-0.3, -0.25) is 13.9 Å². The molecule has 3 N–H and O–H groups in total.